The molecule has 1 aromatic rings. The first-order chi connectivity index (χ1) is 7.99. The Kier molecular flexibility index (Phi) is 5.56. The average molecular weight is 241 g/mol. The van der Waals surface area contributed by atoms with E-state index in [2.05, 4.69) is 26.1 Å². The highest BCUT2D eigenvalue weighted by atomic mass is 19.1. The smallest absolute Gasteiger partial charge is 0.126 e. The Balaban J connectivity index is 2.44. The van der Waals surface area contributed by atoms with Crippen LogP contribution in [0.1, 0.15) is 32.8 Å². The molecule has 0 bridgehead atoms. The SMILES string of the molecule is CC(CCNC(C)C)Cc1cc(F)ccc1F. The summed E-state index contributed by atoms with van der Waals surface area (Å²) in [7, 11) is 0. The van der Waals surface area contributed by atoms with Crippen LogP contribution in [0.15, 0.2) is 18.2 Å². The molecule has 0 amide bonds. The van der Waals surface area contributed by atoms with E-state index >= 15 is 0 Å². The van der Waals surface area contributed by atoms with Crippen LogP contribution in [0.4, 0.5) is 8.78 Å². The number of nitrogens with one attached hydrogen (secondary N) is 1. The summed E-state index contributed by atoms with van der Waals surface area (Å²) in [5.74, 6) is -0.332. The van der Waals surface area contributed by atoms with Crippen molar-refractivity contribution in [1.29, 1.82) is 0 Å². The van der Waals surface area contributed by atoms with E-state index in [1.54, 1.807) is 0 Å². The maximum Gasteiger partial charge on any atom is 0.126 e. The molecule has 0 heterocycles. The van der Waals surface area contributed by atoms with Gasteiger partial charge in [0.1, 0.15) is 11.6 Å². The fourth-order valence-corrected chi connectivity index (χ4v) is 1.80. The maximum absolute atomic E-state index is 13.4. The summed E-state index contributed by atoms with van der Waals surface area (Å²) in [6.45, 7) is 7.16. The number of hydrogen-bond acceptors (Lipinski definition) is 1. The number of hydrogen-bond donors (Lipinski definition) is 1. The lowest BCUT2D eigenvalue weighted by molar-refractivity contribution is 0.466. The number of rotatable bonds is 6. The Morgan fingerprint density at radius 3 is 2.53 bits per heavy atom. The third kappa shape index (κ3) is 5.26. The lowest BCUT2D eigenvalue weighted by Gasteiger charge is -2.14. The first kappa shape index (κ1) is 14.1. The number of halogens is 2. The molecule has 1 nitrogen and oxygen atoms in total. The molecule has 1 atom stereocenters. The molecule has 96 valence electrons. The minimum Gasteiger partial charge on any atom is -0.315 e. The molecule has 0 aliphatic rings. The van der Waals surface area contributed by atoms with Crippen LogP contribution in [0.2, 0.25) is 0 Å². The largest absolute Gasteiger partial charge is 0.315 e. The summed E-state index contributed by atoms with van der Waals surface area (Å²) in [6, 6.07) is 4.11. The predicted molar refractivity (Wildman–Crippen MR) is 67.0 cm³/mol. The van der Waals surface area contributed by atoms with Gasteiger partial charge in [-0.15, -0.1) is 0 Å². The van der Waals surface area contributed by atoms with Crippen molar-refractivity contribution in [3.63, 3.8) is 0 Å². The fourth-order valence-electron chi connectivity index (χ4n) is 1.80. The van der Waals surface area contributed by atoms with Crippen LogP contribution < -0.4 is 5.32 Å². The summed E-state index contributed by atoms with van der Waals surface area (Å²) < 4.78 is 26.4. The molecule has 0 aromatic heterocycles. The van der Waals surface area contributed by atoms with Crippen molar-refractivity contribution in [2.75, 3.05) is 6.54 Å². The van der Waals surface area contributed by atoms with Crippen molar-refractivity contribution in [2.24, 2.45) is 5.92 Å². The van der Waals surface area contributed by atoms with Crippen LogP contribution in [0.3, 0.4) is 0 Å². The summed E-state index contributed by atoms with van der Waals surface area (Å²) in [6.07, 6.45) is 1.55. The van der Waals surface area contributed by atoms with Crippen LogP contribution >= 0.6 is 0 Å². The van der Waals surface area contributed by atoms with Crippen LogP contribution in [0, 0.1) is 17.6 Å². The standard InChI is InChI=1S/C14H21F2N/c1-10(2)17-7-6-11(3)8-12-9-13(15)4-5-14(12)16/h4-5,9-11,17H,6-8H2,1-3H3. The second kappa shape index (κ2) is 6.70. The van der Waals surface area contributed by atoms with Crippen molar-refractivity contribution in [3.05, 3.63) is 35.4 Å². The van der Waals surface area contributed by atoms with Gasteiger partial charge in [-0.2, -0.15) is 0 Å². The zero-order valence-corrected chi connectivity index (χ0v) is 10.8. The molecule has 0 aliphatic carbocycles. The van der Waals surface area contributed by atoms with Gasteiger partial charge in [-0.1, -0.05) is 20.8 Å². The normalized spacial score (nSPS) is 13.1. The van der Waals surface area contributed by atoms with Crippen molar-refractivity contribution in [2.45, 2.75) is 39.7 Å². The molecule has 3 heteroatoms. The quantitative estimate of drug-likeness (QED) is 0.803. The monoisotopic (exact) mass is 241 g/mol. The molecule has 17 heavy (non-hydrogen) atoms. The van der Waals surface area contributed by atoms with E-state index in [9.17, 15) is 8.78 Å². The zero-order chi connectivity index (χ0) is 12.8. The Bertz CT molecular complexity index is 350. The molecule has 1 N–H and O–H groups in total. The summed E-state index contributed by atoms with van der Waals surface area (Å²) in [5, 5.41) is 3.32. The molecule has 1 rings (SSSR count). The molecule has 0 spiro atoms. The molecule has 0 aliphatic heterocycles. The van der Waals surface area contributed by atoms with E-state index in [1.807, 2.05) is 0 Å². The van der Waals surface area contributed by atoms with E-state index in [4.69, 9.17) is 0 Å². The van der Waals surface area contributed by atoms with E-state index in [-0.39, 0.29) is 11.6 Å². The molecule has 0 fully saturated rings. The van der Waals surface area contributed by atoms with Crippen molar-refractivity contribution in [1.82, 2.24) is 5.32 Å². The average Bonchev–Trinajstić information content (AvgIpc) is 2.23. The van der Waals surface area contributed by atoms with E-state index < -0.39 is 0 Å². The van der Waals surface area contributed by atoms with E-state index in [0.29, 0.717) is 23.9 Å². The van der Waals surface area contributed by atoms with Gasteiger partial charge in [0.25, 0.3) is 0 Å². The third-order valence-corrected chi connectivity index (χ3v) is 2.77. The molecule has 0 radical (unpaired) electrons. The fraction of sp³-hybridized carbons (Fsp3) is 0.571. The van der Waals surface area contributed by atoms with Crippen molar-refractivity contribution in [3.8, 4) is 0 Å². The summed E-state index contributed by atoms with van der Waals surface area (Å²) >= 11 is 0. The van der Waals surface area contributed by atoms with Crippen molar-refractivity contribution >= 4 is 0 Å². The lowest BCUT2D eigenvalue weighted by Crippen LogP contribution is -2.25. The van der Waals surface area contributed by atoms with Crippen LogP contribution in [-0.4, -0.2) is 12.6 Å². The molecule has 1 aromatic carbocycles. The second-order valence-corrected chi connectivity index (χ2v) is 4.94. The van der Waals surface area contributed by atoms with E-state index in [1.165, 1.54) is 12.1 Å². The summed E-state index contributed by atoms with van der Waals surface area (Å²) in [4.78, 5) is 0. The Hall–Kier alpha value is -0.960. The first-order valence-corrected chi connectivity index (χ1v) is 6.16. The number of benzene rings is 1. The van der Waals surface area contributed by atoms with Gasteiger partial charge < -0.3 is 5.32 Å². The van der Waals surface area contributed by atoms with Gasteiger partial charge in [-0.3, -0.25) is 0 Å². The maximum atomic E-state index is 13.4. The zero-order valence-electron chi connectivity index (χ0n) is 10.8. The van der Waals surface area contributed by atoms with E-state index in [0.717, 1.165) is 19.0 Å². The first-order valence-electron chi connectivity index (χ1n) is 6.16. The van der Waals surface area contributed by atoms with Gasteiger partial charge in [0, 0.05) is 6.04 Å². The Morgan fingerprint density at radius 2 is 1.88 bits per heavy atom. The predicted octanol–water partition coefficient (Wildman–Crippen LogP) is 3.53. The lowest BCUT2D eigenvalue weighted by atomic mass is 9.97. The minimum absolute atomic E-state index is 0.310. The van der Waals surface area contributed by atoms with Crippen molar-refractivity contribution < 1.29 is 8.78 Å². The molecular formula is C14H21F2N. The topological polar surface area (TPSA) is 12.0 Å². The molecule has 0 saturated heterocycles. The highest BCUT2D eigenvalue weighted by Gasteiger charge is 2.09. The second-order valence-electron chi connectivity index (χ2n) is 4.94. The van der Waals surface area contributed by atoms with Gasteiger partial charge >= 0.3 is 0 Å². The molecule has 0 saturated carbocycles. The van der Waals surface area contributed by atoms with Crippen LogP contribution in [-0.2, 0) is 6.42 Å². The molecule has 1 unspecified atom stereocenters. The van der Waals surface area contributed by atoms with Gasteiger partial charge in [-0.25, -0.2) is 8.78 Å². The Morgan fingerprint density at radius 1 is 1.18 bits per heavy atom. The van der Waals surface area contributed by atoms with Gasteiger partial charge in [-0.05, 0) is 49.1 Å². The van der Waals surface area contributed by atoms with Gasteiger partial charge in [0.05, 0.1) is 0 Å². The minimum atomic E-state index is -0.367. The van der Waals surface area contributed by atoms with Gasteiger partial charge in [0.15, 0.2) is 0 Å². The highest BCUT2D eigenvalue weighted by molar-refractivity contribution is 5.19. The molecular weight excluding hydrogens is 220 g/mol. The van der Waals surface area contributed by atoms with Gasteiger partial charge in [0.2, 0.25) is 0 Å². The summed E-state index contributed by atoms with van der Waals surface area (Å²) in [5.41, 5.74) is 0.474. The third-order valence-electron chi connectivity index (χ3n) is 2.77. The van der Waals surface area contributed by atoms with Crippen LogP contribution in [0.25, 0.3) is 0 Å². The van der Waals surface area contributed by atoms with Crippen LogP contribution in [0.5, 0.6) is 0 Å². The Labute approximate surface area is 102 Å². The highest BCUT2D eigenvalue weighted by Crippen LogP contribution is 2.16.